The van der Waals surface area contributed by atoms with Gasteiger partial charge in [0.15, 0.2) is 23.1 Å². The minimum Gasteiger partial charge on any atom is -0.390 e. The third-order valence-electron chi connectivity index (χ3n) is 32.3. The smallest absolute Gasteiger partial charge is 0.206 e. The van der Waals surface area contributed by atoms with Gasteiger partial charge in [0.25, 0.3) is 0 Å². The molecule has 0 aromatic heterocycles. The first kappa shape index (κ1) is 112. The molecule has 16 atom stereocenters. The summed E-state index contributed by atoms with van der Waals surface area (Å²) >= 11 is 48.5. The molecule has 4 saturated heterocycles. The van der Waals surface area contributed by atoms with Crippen molar-refractivity contribution in [1.82, 2.24) is 21.3 Å². The highest BCUT2D eigenvalue weighted by molar-refractivity contribution is 8.15. The summed E-state index contributed by atoms with van der Waals surface area (Å²) in [6.07, 6.45) is 8.19. The zero-order valence-corrected chi connectivity index (χ0v) is 93.9. The monoisotopic (exact) mass is 2220 g/mol. The number of hydrogen-bond donors (Lipinski definition) is 8. The van der Waals surface area contributed by atoms with Crippen molar-refractivity contribution in [1.29, 1.82) is 0 Å². The van der Waals surface area contributed by atoms with Crippen molar-refractivity contribution in [3.63, 3.8) is 0 Å². The van der Waals surface area contributed by atoms with Crippen molar-refractivity contribution < 1.29 is 76.3 Å². The molecule has 12 aliphatic rings. The number of carbonyl (C=O) groups is 8. The van der Waals surface area contributed by atoms with E-state index in [-0.39, 0.29) is 134 Å². The maximum Gasteiger partial charge on any atom is 0.206 e. The van der Waals surface area contributed by atoms with Crippen LogP contribution in [0.1, 0.15) is 282 Å². The largest absolute Gasteiger partial charge is 0.390 e. The first-order valence-electron chi connectivity index (χ1n) is 50.7. The molecule has 20 rings (SSSR count). The molecule has 0 amide bonds. The van der Waals surface area contributed by atoms with Gasteiger partial charge >= 0.3 is 0 Å². The number of benzene rings is 8. The van der Waals surface area contributed by atoms with Gasteiger partial charge in [-0.3, -0.25) is 38.4 Å². The zero-order chi connectivity index (χ0) is 107. The first-order chi connectivity index (χ1) is 68.5. The van der Waals surface area contributed by atoms with Gasteiger partial charge in [0.1, 0.15) is 23.3 Å². The fourth-order valence-electron chi connectivity index (χ4n) is 27.2. The Labute approximate surface area is 911 Å². The molecule has 8 aliphatic heterocycles. The van der Waals surface area contributed by atoms with E-state index in [1.54, 1.807) is 69.3 Å². The van der Waals surface area contributed by atoms with Crippen LogP contribution in [-0.4, -0.2) is 135 Å². The molecule has 4 aliphatic carbocycles. The van der Waals surface area contributed by atoms with Gasteiger partial charge in [0, 0.05) is 113 Å². The fraction of sp³-hybridized carbons (Fsp3) is 0.517. The van der Waals surface area contributed by atoms with Crippen LogP contribution in [0.5, 0.6) is 0 Å². The molecule has 4 spiro atoms. The number of nitrogens with one attached hydrogen (secondary N) is 4. The molecular formula is C116H129Cl7F4N4O12S4. The molecule has 786 valence electrons. The van der Waals surface area contributed by atoms with E-state index in [1.165, 1.54) is 48.2 Å². The number of thioether (sulfide) groups is 4. The molecule has 8 fully saturated rings. The van der Waals surface area contributed by atoms with Crippen LogP contribution in [0.3, 0.4) is 0 Å². The van der Waals surface area contributed by atoms with Gasteiger partial charge in [-0.05, 0) is 280 Å². The molecule has 31 heteroatoms. The summed E-state index contributed by atoms with van der Waals surface area (Å²) in [5.74, 6) is -4.65. The van der Waals surface area contributed by atoms with Crippen LogP contribution in [0.25, 0.3) is 0 Å². The Morgan fingerprint density at radius 1 is 0.327 bits per heavy atom. The Bertz CT molecular complexity index is 6380. The number of Topliss-reactive ketones (excluding diaryl/α,β-unsaturated/α-hetero) is 4. The van der Waals surface area contributed by atoms with E-state index in [0.29, 0.717) is 124 Å². The van der Waals surface area contributed by atoms with Crippen molar-refractivity contribution >= 4 is 172 Å². The van der Waals surface area contributed by atoms with E-state index in [4.69, 9.17) is 81.2 Å². The third kappa shape index (κ3) is 21.9. The second kappa shape index (κ2) is 41.2. The van der Waals surface area contributed by atoms with Crippen molar-refractivity contribution in [2.24, 2.45) is 45.3 Å². The molecule has 0 radical (unpaired) electrons. The summed E-state index contributed by atoms with van der Waals surface area (Å²) in [5.41, 5.74) is -3.07. The molecule has 8 heterocycles. The van der Waals surface area contributed by atoms with Crippen LogP contribution in [0, 0.1) is 68.6 Å². The predicted molar refractivity (Wildman–Crippen MR) is 579 cm³/mol. The maximum atomic E-state index is 15.8. The van der Waals surface area contributed by atoms with E-state index >= 15 is 8.78 Å². The third-order valence-corrected chi connectivity index (χ3v) is 38.4. The molecule has 0 unspecified atom stereocenters. The van der Waals surface area contributed by atoms with Gasteiger partial charge in [-0.15, -0.1) is 0 Å². The lowest BCUT2D eigenvalue weighted by atomic mass is 9.62. The lowest BCUT2D eigenvalue weighted by molar-refractivity contribution is -0.127. The van der Waals surface area contributed by atoms with Crippen LogP contribution in [0.15, 0.2) is 171 Å². The number of rotatable bonds is 20. The minimum atomic E-state index is -1.28. The zero-order valence-electron chi connectivity index (χ0n) is 85.3. The first-order valence-corrected chi connectivity index (χ1v) is 56.6. The summed E-state index contributed by atoms with van der Waals surface area (Å²) in [5, 5.41) is 56.8. The van der Waals surface area contributed by atoms with Crippen molar-refractivity contribution in [3.05, 3.63) is 255 Å². The Morgan fingerprint density at radius 3 is 0.891 bits per heavy atom. The van der Waals surface area contributed by atoms with Gasteiger partial charge in [0.05, 0.1) is 83.3 Å². The number of aliphatic hydroxyl groups is 4. The number of hydrogen-bond acceptors (Lipinski definition) is 20. The number of halogens is 11. The average Bonchev–Trinajstić information content (AvgIpc) is 1.54. The standard InChI is InChI=1S/2C29H32Cl2FNO3S.C29H33Cl2NO3S.C29H32ClF2NO3S/c1-27(2,3)14-23-29(18-10-20(32)19(31)11-22(18)37-26(29)35)24(16-6-5-7-17(30)9-16)25(33-23)21(34)8-15-12-28(4,36)13-15;1-27(2,3)14-22-29(18-9-8-16(30)11-21(18)37-26(29)35)23(17-6-5-7-19(31)24(17)32)25(33-22)20(34)10-15-12-28(4,36)13-15;1-27(2,3)15-23-29(20-9-8-19(31)12-22(20)36-26(29)34)24(17-6-5-7-18(30)11-17)25(32-23)21(33)10-16-13-28(4,35)14-16;1-27(2,3)14-22-29(18-9-8-16(31)11-21(18)37-26(29)35)23(17-6-5-7-19(30)24(17)32)25(33-22)20(34)10-15-12-28(4,36)13-15/h5-7,9-11,15,23-25,33,36H,8,12-14H2,1-4H3;5-9,11,15,22-23,25,33,36H,10,12-14H2,1-4H3;5-9,11-12,16,23-25,32,35H,10,13-15H2,1-4H3;5-9,11,15,22-23,25,33,36H,10,12-14H2,1-4H3/t15?,23-,24+,25+,28?,29+;15?,22-,23+,25+,28?,29+;16?,23-,24+,25+,28?,29+;15?,22-,23+,25+,28?,29+/m1111/s1. The normalized spacial score (nSPS) is 33.2. The number of carbonyl (C=O) groups excluding carboxylic acids is 8. The number of ketones is 4. The summed E-state index contributed by atoms with van der Waals surface area (Å²) in [6.45, 7) is 32.4. The average molecular weight is 2220 g/mol. The molecule has 16 nitrogen and oxygen atoms in total. The van der Waals surface area contributed by atoms with Crippen LogP contribution in [-0.2, 0) is 60.0 Å². The lowest BCUT2D eigenvalue weighted by Crippen LogP contribution is -2.48. The molecule has 8 N–H and O–H groups in total. The Kier molecular flexibility index (Phi) is 31.4. The Hall–Kier alpha value is -6.05. The van der Waals surface area contributed by atoms with Crippen LogP contribution in [0.4, 0.5) is 17.6 Å². The van der Waals surface area contributed by atoms with E-state index in [1.807, 2.05) is 73.7 Å². The number of fused-ring (bicyclic) bond motifs is 8. The summed E-state index contributed by atoms with van der Waals surface area (Å²) in [4.78, 5) is 115. The van der Waals surface area contributed by atoms with Crippen LogP contribution >= 0.6 is 128 Å². The van der Waals surface area contributed by atoms with Crippen LogP contribution < -0.4 is 21.3 Å². The van der Waals surface area contributed by atoms with Gasteiger partial charge < -0.3 is 41.7 Å². The quantitative estimate of drug-likeness (QED) is 0.0330. The van der Waals surface area contributed by atoms with Crippen molar-refractivity contribution in [2.45, 2.75) is 349 Å². The van der Waals surface area contributed by atoms with Gasteiger partial charge in [-0.2, -0.15) is 0 Å². The Balaban J connectivity index is 0.000000134. The van der Waals surface area contributed by atoms with Crippen molar-refractivity contribution in [2.75, 3.05) is 0 Å². The highest BCUT2D eigenvalue weighted by Gasteiger charge is 2.72. The second-order valence-corrected chi connectivity index (χ2v) is 56.7. The van der Waals surface area contributed by atoms with Gasteiger partial charge in [-0.1, -0.05) is 278 Å². The summed E-state index contributed by atoms with van der Waals surface area (Å²) < 4.78 is 60.7. The van der Waals surface area contributed by atoms with E-state index in [0.717, 1.165) is 73.8 Å². The maximum absolute atomic E-state index is 15.8. The molecule has 8 aromatic rings. The summed E-state index contributed by atoms with van der Waals surface area (Å²) in [7, 11) is 0. The van der Waals surface area contributed by atoms with Gasteiger partial charge in [0.2, 0.25) is 20.5 Å². The fourth-order valence-corrected chi connectivity index (χ4v) is 33.7. The molecule has 0 bridgehead atoms. The SMILES string of the molecule is CC(C)(C)C[C@H]1N[C@@H](C(=O)CC2CC(C)(O)C2)[C@H](c2cccc(Cl)c2)[C@@]12C(=O)Sc1cc(Cl)c(F)cc12.CC(C)(C)C[C@H]1N[C@@H](C(=O)CC2CC(C)(O)C2)[C@H](c2cccc(Cl)c2)[C@@]12C(=O)Sc1cc(Cl)ccc12.CC(C)(C)C[C@H]1N[C@@H](C(=O)CC2CC(C)(O)C2)[C@H](c2cccc(Cl)c2F)[C@@]12C(=O)Sc1cc(Cl)ccc12.CC(C)(C)C[C@H]1N[C@@H](C(=O)CC2CC(C)(O)C2)[C@H](c2cccc(Cl)c2F)[C@@]12C(=O)Sc1cc(F)ccc12. The second-order valence-electron chi connectivity index (χ2n) is 49.6. The van der Waals surface area contributed by atoms with Crippen molar-refractivity contribution in [3.8, 4) is 0 Å². The lowest BCUT2D eigenvalue weighted by Gasteiger charge is -2.41. The van der Waals surface area contributed by atoms with E-state index in [9.17, 15) is 67.6 Å². The highest BCUT2D eigenvalue weighted by Crippen LogP contribution is 2.67. The summed E-state index contributed by atoms with van der Waals surface area (Å²) in [6, 6.07) is 38.3. The predicted octanol–water partition coefficient (Wildman–Crippen LogP) is 26.1. The highest BCUT2D eigenvalue weighted by atomic mass is 35.5. The molecular weight excluding hydrogens is 2090 g/mol. The molecule has 147 heavy (non-hydrogen) atoms. The Morgan fingerprint density at radius 2 is 0.592 bits per heavy atom. The van der Waals surface area contributed by atoms with Crippen LogP contribution in [0.2, 0.25) is 35.2 Å². The van der Waals surface area contributed by atoms with Gasteiger partial charge in [-0.25, -0.2) is 17.6 Å². The molecule has 8 aromatic carbocycles. The molecule has 4 saturated carbocycles. The van der Waals surface area contributed by atoms with E-state index in [2.05, 4.69) is 104 Å². The topological polar surface area (TPSA) is 266 Å². The van der Waals surface area contributed by atoms with E-state index < -0.39 is 133 Å². The minimum absolute atomic E-state index is 0.00180.